The minimum atomic E-state index is -3.98. The van der Waals surface area contributed by atoms with Crippen LogP contribution in [0.15, 0.2) is 12.5 Å². The van der Waals surface area contributed by atoms with Crippen LogP contribution in [0.1, 0.15) is 45.7 Å². The standard InChI is InChI=1S/C15H29N5O6S2/c1-15(2,3)26-14(21)18-27(22,23)17-10-8-6-7-9-13-11-20(12-16-13)28(24,25)19(4)5/h11-12,17H,6-10H2,1-5H3,(H,18,21). The molecule has 13 heteroatoms. The van der Waals surface area contributed by atoms with Crippen LogP contribution >= 0.6 is 0 Å². The summed E-state index contributed by atoms with van der Waals surface area (Å²) in [6, 6.07) is 0. The molecule has 28 heavy (non-hydrogen) atoms. The van der Waals surface area contributed by atoms with E-state index >= 15 is 0 Å². The molecule has 0 aliphatic carbocycles. The molecule has 162 valence electrons. The van der Waals surface area contributed by atoms with Gasteiger partial charge in [-0.05, 0) is 40.0 Å². The first-order chi connectivity index (χ1) is 12.7. The monoisotopic (exact) mass is 439 g/mol. The van der Waals surface area contributed by atoms with E-state index in [1.807, 2.05) is 0 Å². The van der Waals surface area contributed by atoms with Gasteiger partial charge in [0, 0.05) is 26.8 Å². The van der Waals surface area contributed by atoms with Crippen molar-refractivity contribution in [1.29, 1.82) is 0 Å². The van der Waals surface area contributed by atoms with Crippen LogP contribution in [0, 0.1) is 0 Å². The zero-order chi connectivity index (χ0) is 21.6. The first kappa shape index (κ1) is 24.3. The van der Waals surface area contributed by atoms with Crippen molar-refractivity contribution in [1.82, 2.24) is 22.7 Å². The van der Waals surface area contributed by atoms with Crippen molar-refractivity contribution in [3.8, 4) is 0 Å². The third-order valence-electron chi connectivity index (χ3n) is 3.36. The topological polar surface area (TPSA) is 140 Å². The zero-order valence-corrected chi connectivity index (χ0v) is 18.4. The highest BCUT2D eigenvalue weighted by Crippen LogP contribution is 2.08. The van der Waals surface area contributed by atoms with E-state index in [1.165, 1.54) is 26.6 Å². The Kier molecular flexibility index (Phi) is 8.41. The van der Waals surface area contributed by atoms with Gasteiger partial charge in [-0.2, -0.15) is 25.9 Å². The summed E-state index contributed by atoms with van der Waals surface area (Å²) in [6.07, 6.45) is 4.19. The van der Waals surface area contributed by atoms with Crippen LogP contribution in [0.5, 0.6) is 0 Å². The third-order valence-corrected chi connectivity index (χ3v) is 6.03. The molecule has 1 aromatic heterocycles. The van der Waals surface area contributed by atoms with Gasteiger partial charge in [-0.15, -0.1) is 0 Å². The fourth-order valence-electron chi connectivity index (χ4n) is 2.05. The Labute approximate surface area is 166 Å². The Morgan fingerprint density at radius 1 is 1.18 bits per heavy atom. The second-order valence-corrected chi connectivity index (χ2v) is 10.8. The maximum Gasteiger partial charge on any atom is 0.422 e. The number of nitrogens with zero attached hydrogens (tertiary/aromatic N) is 3. The number of ether oxygens (including phenoxy) is 1. The van der Waals surface area contributed by atoms with Gasteiger partial charge >= 0.3 is 26.5 Å². The molecule has 0 atom stereocenters. The molecular weight excluding hydrogens is 410 g/mol. The molecule has 0 aromatic carbocycles. The maximum atomic E-state index is 12.0. The molecule has 0 spiro atoms. The summed E-state index contributed by atoms with van der Waals surface area (Å²) in [5, 5.41) is 0. The molecule has 0 saturated carbocycles. The Morgan fingerprint density at radius 3 is 2.39 bits per heavy atom. The highest BCUT2D eigenvalue weighted by molar-refractivity contribution is 7.88. The lowest BCUT2D eigenvalue weighted by atomic mass is 10.1. The fourth-order valence-corrected chi connectivity index (χ4v) is 3.59. The van der Waals surface area contributed by atoms with Gasteiger partial charge in [-0.25, -0.2) is 18.5 Å². The molecule has 1 aromatic rings. The van der Waals surface area contributed by atoms with Gasteiger partial charge in [-0.3, -0.25) is 0 Å². The molecule has 1 rings (SSSR count). The smallest absolute Gasteiger partial charge is 0.422 e. The predicted molar refractivity (Wildman–Crippen MR) is 104 cm³/mol. The van der Waals surface area contributed by atoms with Crippen LogP contribution in [0.2, 0.25) is 0 Å². The van der Waals surface area contributed by atoms with E-state index in [-0.39, 0.29) is 6.54 Å². The van der Waals surface area contributed by atoms with E-state index in [2.05, 4.69) is 9.71 Å². The molecule has 2 N–H and O–H groups in total. The molecule has 11 nitrogen and oxygen atoms in total. The van der Waals surface area contributed by atoms with Gasteiger partial charge in [0.05, 0.1) is 5.69 Å². The summed E-state index contributed by atoms with van der Waals surface area (Å²) in [5.41, 5.74) is -0.157. The summed E-state index contributed by atoms with van der Waals surface area (Å²) >= 11 is 0. The van der Waals surface area contributed by atoms with Gasteiger partial charge in [0.1, 0.15) is 11.9 Å². The lowest BCUT2D eigenvalue weighted by Crippen LogP contribution is -2.43. The number of imidazole rings is 1. The first-order valence-corrected chi connectivity index (χ1v) is 11.6. The van der Waals surface area contributed by atoms with Crippen molar-refractivity contribution in [2.24, 2.45) is 0 Å². The lowest BCUT2D eigenvalue weighted by Gasteiger charge is -2.19. The largest absolute Gasteiger partial charge is 0.443 e. The van der Waals surface area contributed by atoms with Crippen molar-refractivity contribution >= 4 is 26.5 Å². The van der Waals surface area contributed by atoms with Crippen LogP contribution in [0.25, 0.3) is 0 Å². The van der Waals surface area contributed by atoms with E-state index in [0.717, 1.165) is 8.28 Å². The van der Waals surface area contributed by atoms with E-state index < -0.39 is 32.1 Å². The van der Waals surface area contributed by atoms with Gasteiger partial charge in [-0.1, -0.05) is 6.42 Å². The van der Waals surface area contributed by atoms with Crippen LogP contribution in [0.4, 0.5) is 4.79 Å². The van der Waals surface area contributed by atoms with E-state index in [4.69, 9.17) is 4.74 Å². The number of aryl methyl sites for hydroxylation is 1. The van der Waals surface area contributed by atoms with Crippen molar-refractivity contribution in [3.63, 3.8) is 0 Å². The number of carbonyl (C=O) groups is 1. The number of hydrogen-bond acceptors (Lipinski definition) is 7. The first-order valence-electron chi connectivity index (χ1n) is 8.69. The molecular formula is C15H29N5O6S2. The minimum absolute atomic E-state index is 0.154. The van der Waals surface area contributed by atoms with Crippen LogP contribution in [0.3, 0.4) is 0 Å². The van der Waals surface area contributed by atoms with E-state index in [1.54, 1.807) is 25.5 Å². The number of unbranched alkanes of at least 4 members (excludes halogenated alkanes) is 2. The molecule has 0 radical (unpaired) electrons. The minimum Gasteiger partial charge on any atom is -0.443 e. The average molecular weight is 440 g/mol. The normalized spacial score (nSPS) is 12.9. The number of aromatic nitrogens is 2. The Hall–Kier alpha value is -1.70. The van der Waals surface area contributed by atoms with Gasteiger partial charge in [0.15, 0.2) is 0 Å². The SMILES string of the molecule is CN(C)S(=O)(=O)n1cnc(CCCCCNS(=O)(=O)NC(=O)OC(C)(C)C)c1. The second kappa shape index (κ2) is 9.67. The van der Waals surface area contributed by atoms with E-state index in [0.29, 0.717) is 31.4 Å². The summed E-state index contributed by atoms with van der Waals surface area (Å²) in [5.74, 6) is 0. The number of hydrogen-bond donors (Lipinski definition) is 2. The van der Waals surface area contributed by atoms with Crippen molar-refractivity contribution < 1.29 is 26.4 Å². The summed E-state index contributed by atoms with van der Waals surface area (Å²) in [7, 11) is -4.67. The Bertz CT molecular complexity index is 856. The molecule has 1 amide bonds. The Morgan fingerprint density at radius 2 is 1.82 bits per heavy atom. The molecule has 0 aliphatic rings. The Balaban J connectivity index is 2.31. The molecule has 0 aliphatic heterocycles. The molecule has 0 bridgehead atoms. The highest BCUT2D eigenvalue weighted by atomic mass is 32.2. The number of amides is 1. The average Bonchev–Trinajstić information content (AvgIpc) is 2.97. The van der Waals surface area contributed by atoms with Crippen molar-refractivity contribution in [3.05, 3.63) is 18.2 Å². The summed E-state index contributed by atoms with van der Waals surface area (Å²) in [4.78, 5) is 15.5. The quantitative estimate of drug-likeness (QED) is 0.509. The van der Waals surface area contributed by atoms with E-state index in [9.17, 15) is 21.6 Å². The maximum absolute atomic E-state index is 12.0. The molecule has 0 fully saturated rings. The molecule has 0 saturated heterocycles. The highest BCUT2D eigenvalue weighted by Gasteiger charge is 2.21. The second-order valence-electron chi connectivity index (χ2n) is 7.30. The van der Waals surface area contributed by atoms with Crippen LogP contribution in [-0.2, 0) is 31.6 Å². The molecule has 1 heterocycles. The zero-order valence-electron chi connectivity index (χ0n) is 16.8. The van der Waals surface area contributed by atoms with Gasteiger partial charge < -0.3 is 4.74 Å². The lowest BCUT2D eigenvalue weighted by molar-refractivity contribution is 0.0569. The number of rotatable bonds is 10. The predicted octanol–water partition coefficient (Wildman–Crippen LogP) is 0.610. The van der Waals surface area contributed by atoms with Crippen LogP contribution in [-0.4, -0.2) is 62.4 Å². The fraction of sp³-hybridized carbons (Fsp3) is 0.733. The summed E-state index contributed by atoms with van der Waals surface area (Å²) in [6.45, 7) is 5.05. The van der Waals surface area contributed by atoms with Gasteiger partial charge in [0.2, 0.25) is 0 Å². The van der Waals surface area contributed by atoms with Crippen LogP contribution < -0.4 is 9.44 Å². The van der Waals surface area contributed by atoms with Gasteiger partial charge in [0.25, 0.3) is 0 Å². The van der Waals surface area contributed by atoms with Crippen molar-refractivity contribution in [2.45, 2.75) is 52.1 Å². The third kappa shape index (κ3) is 8.54. The molecule has 0 unspecified atom stereocenters. The van der Waals surface area contributed by atoms with Crippen molar-refractivity contribution in [2.75, 3.05) is 20.6 Å². The number of carbonyl (C=O) groups excluding carboxylic acids is 1. The number of nitrogens with one attached hydrogen (secondary N) is 2. The summed E-state index contributed by atoms with van der Waals surface area (Å²) < 4.78 is 58.5.